The molecule has 8 heteroatoms. The third-order valence-corrected chi connectivity index (χ3v) is 4.28. The van der Waals surface area contributed by atoms with Crippen molar-refractivity contribution in [2.75, 3.05) is 51.9 Å². The molecule has 1 amide bonds. The molecule has 2 saturated heterocycles. The Morgan fingerprint density at radius 1 is 1.18 bits per heavy atom. The highest BCUT2D eigenvalue weighted by Gasteiger charge is 2.34. The van der Waals surface area contributed by atoms with Crippen LogP contribution in [0.1, 0.15) is 19.3 Å². The molecule has 0 spiro atoms. The number of methoxy groups -OCH3 is 1. The minimum absolute atomic E-state index is 0.0649. The maximum atomic E-state index is 12.1. The molecule has 0 bridgehead atoms. The number of hydrogen-bond acceptors (Lipinski definition) is 6. The van der Waals surface area contributed by atoms with Crippen molar-refractivity contribution < 1.29 is 14.3 Å². The molecule has 0 aromatic carbocycles. The van der Waals surface area contributed by atoms with Crippen molar-refractivity contribution in [1.29, 1.82) is 0 Å². The van der Waals surface area contributed by atoms with Gasteiger partial charge in [0.2, 0.25) is 11.9 Å². The van der Waals surface area contributed by atoms with Crippen molar-refractivity contribution in [3.63, 3.8) is 0 Å². The van der Waals surface area contributed by atoms with Gasteiger partial charge < -0.3 is 9.47 Å². The summed E-state index contributed by atoms with van der Waals surface area (Å²) in [5.41, 5.74) is 0. The molecular formula is C14H22N5O3+. The SMILES string of the molecule is COc1nc(N2CCCCC2=O)nc([N+]2(C)CCOCC2)n1. The average molecular weight is 308 g/mol. The predicted octanol–water partition coefficient (Wildman–Crippen LogP) is 0.364. The summed E-state index contributed by atoms with van der Waals surface area (Å²) in [6.45, 7) is 3.57. The first kappa shape index (κ1) is 15.1. The van der Waals surface area contributed by atoms with Crippen molar-refractivity contribution in [3.05, 3.63) is 0 Å². The van der Waals surface area contributed by atoms with E-state index in [0.29, 0.717) is 42.6 Å². The molecule has 120 valence electrons. The molecule has 2 aliphatic rings. The van der Waals surface area contributed by atoms with Crippen LogP contribution in [0.2, 0.25) is 0 Å². The lowest BCUT2D eigenvalue weighted by Crippen LogP contribution is -2.54. The zero-order chi connectivity index (χ0) is 15.6. The molecule has 3 heterocycles. The summed E-state index contributed by atoms with van der Waals surface area (Å²) in [5, 5.41) is 0. The standard InChI is InChI=1S/C14H22N5O3/c1-19(7-9-22-10-8-19)13-15-12(16-14(17-13)21-2)18-6-4-3-5-11(18)20/h3-10H2,1-2H3/q+1. The number of nitrogens with zero attached hydrogens (tertiary/aromatic N) is 5. The number of quaternary nitrogens is 1. The summed E-state index contributed by atoms with van der Waals surface area (Å²) in [7, 11) is 3.60. The third kappa shape index (κ3) is 2.89. The highest BCUT2D eigenvalue weighted by molar-refractivity contribution is 5.92. The van der Waals surface area contributed by atoms with Crippen LogP contribution in [0.3, 0.4) is 0 Å². The zero-order valence-corrected chi connectivity index (χ0v) is 13.1. The lowest BCUT2D eigenvalue weighted by Gasteiger charge is -2.35. The van der Waals surface area contributed by atoms with Gasteiger partial charge in [-0.25, -0.2) is 0 Å². The van der Waals surface area contributed by atoms with E-state index >= 15 is 0 Å². The van der Waals surface area contributed by atoms with Crippen LogP contribution in [0.15, 0.2) is 0 Å². The van der Waals surface area contributed by atoms with Gasteiger partial charge in [0.25, 0.3) is 0 Å². The Balaban J connectivity index is 1.97. The Bertz CT molecular complexity index is 559. The topological polar surface area (TPSA) is 77.4 Å². The molecule has 0 saturated carbocycles. The molecule has 0 aliphatic carbocycles. The smallest absolute Gasteiger partial charge is 0.336 e. The Morgan fingerprint density at radius 3 is 2.64 bits per heavy atom. The second kappa shape index (κ2) is 6.13. The Hall–Kier alpha value is -1.80. The van der Waals surface area contributed by atoms with Gasteiger partial charge in [0.05, 0.1) is 27.4 Å². The fourth-order valence-electron chi connectivity index (χ4n) is 2.75. The van der Waals surface area contributed by atoms with Crippen molar-refractivity contribution in [2.24, 2.45) is 0 Å². The summed E-state index contributed by atoms with van der Waals surface area (Å²) >= 11 is 0. The first-order valence-electron chi connectivity index (χ1n) is 7.66. The van der Waals surface area contributed by atoms with E-state index in [2.05, 4.69) is 22.0 Å². The number of carbonyl (C=O) groups excluding carboxylic acids is 1. The molecule has 0 unspecified atom stereocenters. The van der Waals surface area contributed by atoms with Crippen molar-refractivity contribution in [3.8, 4) is 6.01 Å². The predicted molar refractivity (Wildman–Crippen MR) is 80.9 cm³/mol. The van der Waals surface area contributed by atoms with Gasteiger partial charge in [0.15, 0.2) is 0 Å². The molecule has 2 fully saturated rings. The highest BCUT2D eigenvalue weighted by atomic mass is 16.5. The van der Waals surface area contributed by atoms with E-state index in [9.17, 15) is 4.79 Å². The van der Waals surface area contributed by atoms with E-state index < -0.39 is 0 Å². The molecule has 8 nitrogen and oxygen atoms in total. The number of ether oxygens (including phenoxy) is 2. The minimum atomic E-state index is 0.0649. The van der Waals surface area contributed by atoms with Gasteiger partial charge in [-0.1, -0.05) is 0 Å². The number of hydrogen-bond donors (Lipinski definition) is 0. The van der Waals surface area contributed by atoms with Crippen molar-refractivity contribution in [1.82, 2.24) is 19.4 Å². The average Bonchev–Trinajstić information content (AvgIpc) is 2.55. The quantitative estimate of drug-likeness (QED) is 0.751. The second-order valence-electron chi connectivity index (χ2n) is 5.88. The fraction of sp³-hybridized carbons (Fsp3) is 0.714. The molecule has 1 aromatic heterocycles. The Kier molecular flexibility index (Phi) is 4.21. The van der Waals surface area contributed by atoms with Crippen LogP contribution in [-0.2, 0) is 9.53 Å². The van der Waals surface area contributed by atoms with Crippen molar-refractivity contribution in [2.45, 2.75) is 19.3 Å². The first-order valence-corrected chi connectivity index (χ1v) is 7.66. The number of morpholine rings is 1. The number of carbonyl (C=O) groups is 1. The number of rotatable bonds is 3. The van der Waals surface area contributed by atoms with E-state index in [1.807, 2.05) is 0 Å². The van der Waals surface area contributed by atoms with Crippen LogP contribution in [0, 0.1) is 0 Å². The van der Waals surface area contributed by atoms with Crippen molar-refractivity contribution >= 4 is 17.8 Å². The zero-order valence-electron chi connectivity index (χ0n) is 13.1. The third-order valence-electron chi connectivity index (χ3n) is 4.28. The van der Waals surface area contributed by atoms with Crippen LogP contribution in [0.25, 0.3) is 0 Å². The van der Waals surface area contributed by atoms with Crippen LogP contribution in [-0.4, -0.2) is 67.9 Å². The summed E-state index contributed by atoms with van der Waals surface area (Å²) in [5.74, 6) is 1.09. The molecule has 2 aliphatic heterocycles. The van der Waals surface area contributed by atoms with E-state index in [4.69, 9.17) is 9.47 Å². The van der Waals surface area contributed by atoms with Crippen LogP contribution < -0.4 is 14.1 Å². The molecule has 22 heavy (non-hydrogen) atoms. The lowest BCUT2D eigenvalue weighted by molar-refractivity contribution is -0.119. The molecule has 0 radical (unpaired) electrons. The molecular weight excluding hydrogens is 286 g/mol. The lowest BCUT2D eigenvalue weighted by atomic mass is 10.1. The van der Waals surface area contributed by atoms with E-state index in [1.54, 1.807) is 4.90 Å². The number of amides is 1. The number of aromatic nitrogens is 3. The minimum Gasteiger partial charge on any atom is -0.467 e. The highest BCUT2D eigenvalue weighted by Crippen LogP contribution is 2.25. The maximum Gasteiger partial charge on any atom is 0.336 e. The van der Waals surface area contributed by atoms with E-state index in [0.717, 1.165) is 25.9 Å². The van der Waals surface area contributed by atoms with Gasteiger partial charge in [0, 0.05) is 13.0 Å². The van der Waals surface area contributed by atoms with Gasteiger partial charge in [-0.15, -0.1) is 9.97 Å². The van der Waals surface area contributed by atoms with Crippen LogP contribution in [0.5, 0.6) is 6.01 Å². The summed E-state index contributed by atoms with van der Waals surface area (Å²) < 4.78 is 11.2. The van der Waals surface area contributed by atoms with Gasteiger partial charge >= 0.3 is 12.0 Å². The van der Waals surface area contributed by atoms with Gasteiger partial charge in [-0.05, 0) is 12.8 Å². The van der Waals surface area contributed by atoms with Gasteiger partial charge in [0.1, 0.15) is 13.1 Å². The molecule has 1 aromatic rings. The first-order chi connectivity index (χ1) is 10.6. The summed E-state index contributed by atoms with van der Waals surface area (Å²) in [6.07, 6.45) is 2.44. The number of anilines is 1. The normalized spacial score (nSPS) is 21.7. The molecule has 3 rings (SSSR count). The molecule has 0 N–H and O–H groups in total. The van der Waals surface area contributed by atoms with Crippen LogP contribution >= 0.6 is 0 Å². The van der Waals surface area contributed by atoms with Gasteiger partial charge in [-0.3, -0.25) is 14.2 Å². The Morgan fingerprint density at radius 2 is 1.95 bits per heavy atom. The molecule has 0 atom stereocenters. The van der Waals surface area contributed by atoms with E-state index in [1.165, 1.54) is 7.11 Å². The summed E-state index contributed by atoms with van der Waals surface area (Å²) in [4.78, 5) is 27.0. The number of likely N-dealkylation sites (N-methyl/N-ethyl adjacent to an activating group) is 1. The maximum absolute atomic E-state index is 12.1. The largest absolute Gasteiger partial charge is 0.467 e. The van der Waals surface area contributed by atoms with Gasteiger partial charge in [-0.2, -0.15) is 4.98 Å². The number of piperidine rings is 1. The fourth-order valence-corrected chi connectivity index (χ4v) is 2.75. The second-order valence-corrected chi connectivity index (χ2v) is 5.88. The Labute approximate surface area is 129 Å². The van der Waals surface area contributed by atoms with E-state index in [-0.39, 0.29) is 11.9 Å². The monoisotopic (exact) mass is 308 g/mol. The van der Waals surface area contributed by atoms with Crippen LogP contribution in [0.4, 0.5) is 11.9 Å². The summed E-state index contributed by atoms with van der Waals surface area (Å²) in [6, 6.07) is 0.254.